The van der Waals surface area contributed by atoms with E-state index in [0.717, 1.165) is 16.9 Å². The van der Waals surface area contributed by atoms with Gasteiger partial charge in [-0.05, 0) is 56.1 Å². The number of methoxy groups -OCH3 is 1. The van der Waals surface area contributed by atoms with E-state index in [1.165, 1.54) is 6.07 Å². The van der Waals surface area contributed by atoms with Crippen LogP contribution in [0.25, 0.3) is 0 Å². The summed E-state index contributed by atoms with van der Waals surface area (Å²) in [7, 11) is 1.61. The Morgan fingerprint density at radius 2 is 1.80 bits per heavy atom. The highest BCUT2D eigenvalue weighted by Crippen LogP contribution is 2.35. The largest absolute Gasteiger partial charge is 0.493 e. The van der Waals surface area contributed by atoms with Gasteiger partial charge in [0.05, 0.1) is 20.3 Å². The van der Waals surface area contributed by atoms with Crippen molar-refractivity contribution in [2.24, 2.45) is 5.73 Å². The van der Waals surface area contributed by atoms with Gasteiger partial charge in [0.25, 0.3) is 0 Å². The summed E-state index contributed by atoms with van der Waals surface area (Å²) >= 11 is 0. The van der Waals surface area contributed by atoms with Crippen molar-refractivity contribution in [1.82, 2.24) is 0 Å². The Balaban J connectivity index is 2.29. The van der Waals surface area contributed by atoms with Crippen molar-refractivity contribution in [3.8, 4) is 17.2 Å². The number of ether oxygens (including phenoxy) is 3. The van der Waals surface area contributed by atoms with E-state index in [9.17, 15) is 4.39 Å². The van der Waals surface area contributed by atoms with Crippen LogP contribution in [0.3, 0.4) is 0 Å². The van der Waals surface area contributed by atoms with E-state index in [2.05, 4.69) is 0 Å². The van der Waals surface area contributed by atoms with E-state index < -0.39 is 0 Å². The van der Waals surface area contributed by atoms with Crippen LogP contribution in [0.1, 0.15) is 30.9 Å². The van der Waals surface area contributed by atoms with Crippen LogP contribution in [0.15, 0.2) is 36.4 Å². The van der Waals surface area contributed by atoms with Crippen LogP contribution in [0, 0.1) is 5.82 Å². The molecular weight excluding hydrogens is 321 g/mol. The molecule has 25 heavy (non-hydrogen) atoms. The summed E-state index contributed by atoms with van der Waals surface area (Å²) in [5, 5.41) is 0. The first-order valence-electron chi connectivity index (χ1n) is 8.55. The van der Waals surface area contributed by atoms with Gasteiger partial charge >= 0.3 is 0 Å². The van der Waals surface area contributed by atoms with Gasteiger partial charge in [-0.1, -0.05) is 18.2 Å². The number of halogens is 1. The quantitative estimate of drug-likeness (QED) is 0.747. The van der Waals surface area contributed by atoms with Gasteiger partial charge in [0.2, 0.25) is 0 Å². The Morgan fingerprint density at radius 3 is 2.40 bits per heavy atom. The third kappa shape index (κ3) is 4.63. The van der Waals surface area contributed by atoms with Gasteiger partial charge in [-0.15, -0.1) is 0 Å². The molecule has 0 bridgehead atoms. The topological polar surface area (TPSA) is 53.7 Å². The Kier molecular flexibility index (Phi) is 7.07. The maximum atomic E-state index is 14.2. The van der Waals surface area contributed by atoms with Crippen molar-refractivity contribution in [3.05, 3.63) is 53.3 Å². The zero-order valence-corrected chi connectivity index (χ0v) is 15.0. The summed E-state index contributed by atoms with van der Waals surface area (Å²) in [5.41, 5.74) is 7.80. The minimum absolute atomic E-state index is 0.0310. The summed E-state index contributed by atoms with van der Waals surface area (Å²) < 4.78 is 30.6. The highest BCUT2D eigenvalue weighted by atomic mass is 19.1. The molecule has 0 amide bonds. The van der Waals surface area contributed by atoms with E-state index in [1.807, 2.05) is 38.1 Å². The molecule has 0 aromatic heterocycles. The second-order valence-electron chi connectivity index (χ2n) is 5.64. The average Bonchev–Trinajstić information content (AvgIpc) is 2.62. The van der Waals surface area contributed by atoms with Crippen LogP contribution in [-0.4, -0.2) is 26.9 Å². The maximum absolute atomic E-state index is 14.2. The van der Waals surface area contributed by atoms with E-state index in [4.69, 9.17) is 19.9 Å². The van der Waals surface area contributed by atoms with E-state index in [-0.39, 0.29) is 17.5 Å². The number of rotatable bonds is 9. The lowest BCUT2D eigenvalue weighted by Gasteiger charge is -2.20. The van der Waals surface area contributed by atoms with Gasteiger partial charge in [-0.2, -0.15) is 0 Å². The predicted octanol–water partition coefficient (Wildman–Crippen LogP) is 3.92. The normalized spacial score (nSPS) is 11.9. The molecule has 0 radical (unpaired) electrons. The lowest BCUT2D eigenvalue weighted by atomic mass is 9.91. The summed E-state index contributed by atoms with van der Waals surface area (Å²) in [6, 6.07) is 10.8. The van der Waals surface area contributed by atoms with Crippen LogP contribution in [0.4, 0.5) is 4.39 Å². The summed E-state index contributed by atoms with van der Waals surface area (Å²) in [6.07, 6.45) is 0.635. The molecule has 1 unspecified atom stereocenters. The van der Waals surface area contributed by atoms with Crippen molar-refractivity contribution < 1.29 is 18.6 Å². The zero-order chi connectivity index (χ0) is 18.2. The fourth-order valence-corrected chi connectivity index (χ4v) is 2.84. The molecule has 0 aliphatic rings. The van der Waals surface area contributed by atoms with Crippen molar-refractivity contribution in [1.29, 1.82) is 0 Å². The van der Waals surface area contributed by atoms with Crippen LogP contribution < -0.4 is 19.9 Å². The second-order valence-corrected chi connectivity index (χ2v) is 5.64. The van der Waals surface area contributed by atoms with E-state index in [0.29, 0.717) is 31.9 Å². The molecule has 2 rings (SSSR count). The first-order chi connectivity index (χ1) is 12.1. The van der Waals surface area contributed by atoms with E-state index in [1.54, 1.807) is 13.2 Å². The van der Waals surface area contributed by atoms with Gasteiger partial charge in [0.15, 0.2) is 23.1 Å². The molecule has 0 saturated carbocycles. The lowest BCUT2D eigenvalue weighted by molar-refractivity contribution is 0.307. The molecular formula is C20H26FNO3. The average molecular weight is 347 g/mol. The van der Waals surface area contributed by atoms with Crippen molar-refractivity contribution >= 4 is 0 Å². The fourth-order valence-electron chi connectivity index (χ4n) is 2.84. The van der Waals surface area contributed by atoms with Crippen LogP contribution >= 0.6 is 0 Å². The zero-order valence-electron chi connectivity index (χ0n) is 15.0. The Hall–Kier alpha value is -2.27. The molecule has 4 nitrogen and oxygen atoms in total. The lowest BCUT2D eigenvalue weighted by Crippen LogP contribution is -2.16. The molecule has 0 aliphatic carbocycles. The summed E-state index contributed by atoms with van der Waals surface area (Å²) in [6.45, 7) is 5.12. The fraction of sp³-hybridized carbons (Fsp3) is 0.400. The SMILES string of the molecule is CCOc1ccc(C(CN)Cc2cccc(OC)c2OCC)cc1F. The molecule has 2 N–H and O–H groups in total. The molecule has 136 valence electrons. The highest BCUT2D eigenvalue weighted by Gasteiger charge is 2.18. The number of benzene rings is 2. The molecule has 0 saturated heterocycles. The van der Waals surface area contributed by atoms with E-state index >= 15 is 0 Å². The molecule has 0 fully saturated rings. The molecule has 0 heterocycles. The smallest absolute Gasteiger partial charge is 0.165 e. The second kappa shape index (κ2) is 9.28. The van der Waals surface area contributed by atoms with Crippen LogP contribution in [0.5, 0.6) is 17.2 Å². The third-order valence-corrected chi connectivity index (χ3v) is 4.05. The molecule has 0 spiro atoms. The van der Waals surface area contributed by atoms with Crippen molar-refractivity contribution in [2.45, 2.75) is 26.2 Å². The monoisotopic (exact) mass is 347 g/mol. The number of hydrogen-bond donors (Lipinski definition) is 1. The van der Waals surface area contributed by atoms with Gasteiger partial charge < -0.3 is 19.9 Å². The molecule has 5 heteroatoms. The van der Waals surface area contributed by atoms with Crippen LogP contribution in [-0.2, 0) is 6.42 Å². The summed E-state index contributed by atoms with van der Waals surface area (Å²) in [4.78, 5) is 0. The first kappa shape index (κ1) is 19.1. The minimum atomic E-state index is -0.367. The van der Waals surface area contributed by atoms with Crippen LogP contribution in [0.2, 0.25) is 0 Å². The van der Waals surface area contributed by atoms with Gasteiger partial charge in [-0.3, -0.25) is 0 Å². The molecule has 1 atom stereocenters. The first-order valence-corrected chi connectivity index (χ1v) is 8.55. The van der Waals surface area contributed by atoms with Crippen molar-refractivity contribution in [2.75, 3.05) is 26.9 Å². The third-order valence-electron chi connectivity index (χ3n) is 4.05. The predicted molar refractivity (Wildman–Crippen MR) is 97.2 cm³/mol. The minimum Gasteiger partial charge on any atom is -0.493 e. The highest BCUT2D eigenvalue weighted by molar-refractivity contribution is 5.47. The number of para-hydroxylation sites is 1. The molecule has 0 aliphatic heterocycles. The number of hydrogen-bond acceptors (Lipinski definition) is 4. The Labute approximate surface area is 148 Å². The maximum Gasteiger partial charge on any atom is 0.165 e. The Morgan fingerprint density at radius 1 is 1.04 bits per heavy atom. The standard InChI is InChI=1S/C20H26FNO3/c1-4-24-18-10-9-14(12-17(18)21)16(13-22)11-15-7-6-8-19(23-3)20(15)25-5-2/h6-10,12,16H,4-5,11,13,22H2,1-3H3. The molecule has 2 aromatic rings. The van der Waals surface area contributed by atoms with Gasteiger partial charge in [0, 0.05) is 5.92 Å². The van der Waals surface area contributed by atoms with Crippen molar-refractivity contribution in [3.63, 3.8) is 0 Å². The summed E-state index contributed by atoms with van der Waals surface area (Å²) in [5.74, 6) is 1.27. The Bertz CT molecular complexity index is 691. The van der Waals surface area contributed by atoms with Gasteiger partial charge in [-0.25, -0.2) is 4.39 Å². The van der Waals surface area contributed by atoms with Gasteiger partial charge in [0.1, 0.15) is 0 Å². The molecule has 2 aromatic carbocycles. The number of nitrogens with two attached hydrogens (primary N) is 1.